The number of carbonyl (C=O) groups is 2. The van der Waals surface area contributed by atoms with Crippen LogP contribution in [0.15, 0.2) is 0 Å². The standard InChI is InChI=1S/C9H13NO4/c11-7(12)9(2-3-9)6-10-4-1-5-14-8(10)13/h1-6H2,(H,11,12). The van der Waals surface area contributed by atoms with E-state index in [1.54, 1.807) is 0 Å². The maximum Gasteiger partial charge on any atom is 0.409 e. The Morgan fingerprint density at radius 3 is 2.79 bits per heavy atom. The van der Waals surface area contributed by atoms with Gasteiger partial charge in [-0.25, -0.2) is 4.79 Å². The molecular formula is C9H13NO4. The zero-order valence-corrected chi connectivity index (χ0v) is 7.86. The predicted octanol–water partition coefficient (Wildman–Crippen LogP) is 0.693. The molecule has 0 aromatic heterocycles. The van der Waals surface area contributed by atoms with Crippen molar-refractivity contribution in [1.82, 2.24) is 4.90 Å². The van der Waals surface area contributed by atoms with E-state index in [0.29, 0.717) is 32.5 Å². The number of ether oxygens (including phenoxy) is 1. The van der Waals surface area contributed by atoms with Crippen molar-refractivity contribution in [3.63, 3.8) is 0 Å². The molecule has 0 aromatic carbocycles. The Hall–Kier alpha value is -1.26. The number of carbonyl (C=O) groups excluding carboxylic acids is 1. The Labute approximate surface area is 81.6 Å². The summed E-state index contributed by atoms with van der Waals surface area (Å²) in [6, 6.07) is 0. The summed E-state index contributed by atoms with van der Waals surface area (Å²) in [6.07, 6.45) is 1.77. The normalized spacial score (nSPS) is 24.3. The van der Waals surface area contributed by atoms with Crippen molar-refractivity contribution in [2.75, 3.05) is 19.7 Å². The molecule has 0 spiro atoms. The van der Waals surface area contributed by atoms with Gasteiger partial charge in [0.25, 0.3) is 0 Å². The Bertz CT molecular complexity index is 272. The van der Waals surface area contributed by atoms with Crippen molar-refractivity contribution in [2.45, 2.75) is 19.3 Å². The van der Waals surface area contributed by atoms with Crippen LogP contribution in [0.3, 0.4) is 0 Å². The van der Waals surface area contributed by atoms with Crippen LogP contribution in [0.1, 0.15) is 19.3 Å². The molecule has 0 atom stereocenters. The van der Waals surface area contributed by atoms with Gasteiger partial charge in [-0.3, -0.25) is 4.79 Å². The molecule has 0 unspecified atom stereocenters. The van der Waals surface area contributed by atoms with Gasteiger partial charge in [0.1, 0.15) is 0 Å². The van der Waals surface area contributed by atoms with Gasteiger partial charge in [-0.05, 0) is 19.3 Å². The smallest absolute Gasteiger partial charge is 0.409 e. The lowest BCUT2D eigenvalue weighted by molar-refractivity contribution is -0.144. The molecule has 14 heavy (non-hydrogen) atoms. The molecule has 2 fully saturated rings. The second kappa shape index (κ2) is 3.15. The van der Waals surface area contributed by atoms with Crippen LogP contribution in [0.2, 0.25) is 0 Å². The zero-order chi connectivity index (χ0) is 10.2. The van der Waals surface area contributed by atoms with Crippen LogP contribution >= 0.6 is 0 Å². The summed E-state index contributed by atoms with van der Waals surface area (Å²) in [5.41, 5.74) is -0.670. The average molecular weight is 199 g/mol. The summed E-state index contributed by atoms with van der Waals surface area (Å²) in [7, 11) is 0. The molecule has 1 saturated carbocycles. The number of carboxylic acid groups (broad SMARTS) is 1. The van der Waals surface area contributed by atoms with Crippen LogP contribution in [0.25, 0.3) is 0 Å². The minimum atomic E-state index is -0.795. The van der Waals surface area contributed by atoms with Crippen LogP contribution in [-0.4, -0.2) is 41.8 Å². The second-order valence-electron chi connectivity index (χ2n) is 3.97. The molecule has 2 aliphatic rings. The van der Waals surface area contributed by atoms with Crippen molar-refractivity contribution in [3.05, 3.63) is 0 Å². The third-order valence-corrected chi connectivity index (χ3v) is 2.86. The summed E-state index contributed by atoms with van der Waals surface area (Å²) in [5.74, 6) is -0.795. The minimum absolute atomic E-state index is 0.307. The largest absolute Gasteiger partial charge is 0.481 e. The number of nitrogens with zero attached hydrogens (tertiary/aromatic N) is 1. The van der Waals surface area contributed by atoms with Crippen molar-refractivity contribution in [2.24, 2.45) is 5.41 Å². The van der Waals surface area contributed by atoms with Crippen molar-refractivity contribution in [3.8, 4) is 0 Å². The molecule has 2 rings (SSSR count). The number of carboxylic acids is 1. The summed E-state index contributed by atoms with van der Waals surface area (Å²) < 4.78 is 4.84. The highest BCUT2D eigenvalue weighted by atomic mass is 16.6. The number of aliphatic carboxylic acids is 1. The highest BCUT2D eigenvalue weighted by Crippen LogP contribution is 2.46. The lowest BCUT2D eigenvalue weighted by Gasteiger charge is -2.28. The van der Waals surface area contributed by atoms with Gasteiger partial charge in [0.2, 0.25) is 0 Å². The summed E-state index contributed by atoms with van der Waals surface area (Å²) in [6.45, 7) is 1.38. The lowest BCUT2D eigenvalue weighted by atomic mass is 10.1. The average Bonchev–Trinajstić information content (AvgIpc) is 2.90. The number of rotatable bonds is 3. The van der Waals surface area contributed by atoms with Crippen LogP contribution in [-0.2, 0) is 9.53 Å². The molecule has 78 valence electrons. The first-order valence-electron chi connectivity index (χ1n) is 4.79. The zero-order valence-electron chi connectivity index (χ0n) is 7.86. The van der Waals surface area contributed by atoms with Gasteiger partial charge in [-0.15, -0.1) is 0 Å². The van der Waals surface area contributed by atoms with Gasteiger partial charge in [0.15, 0.2) is 0 Å². The Balaban J connectivity index is 1.96. The van der Waals surface area contributed by atoms with E-state index in [0.717, 1.165) is 6.42 Å². The van der Waals surface area contributed by atoms with E-state index in [-0.39, 0.29) is 6.09 Å². The highest BCUT2D eigenvalue weighted by molar-refractivity contribution is 5.79. The maximum absolute atomic E-state index is 11.2. The second-order valence-corrected chi connectivity index (χ2v) is 3.97. The molecule has 1 aliphatic carbocycles. The Morgan fingerprint density at radius 1 is 1.57 bits per heavy atom. The molecule has 1 heterocycles. The monoisotopic (exact) mass is 199 g/mol. The third kappa shape index (κ3) is 1.54. The number of amides is 1. The lowest BCUT2D eigenvalue weighted by Crippen LogP contribution is -2.43. The minimum Gasteiger partial charge on any atom is -0.481 e. The molecule has 1 amide bonds. The highest BCUT2D eigenvalue weighted by Gasteiger charge is 2.52. The molecule has 1 saturated heterocycles. The number of hydrogen-bond donors (Lipinski definition) is 1. The van der Waals surface area contributed by atoms with Crippen molar-refractivity contribution in [1.29, 1.82) is 0 Å². The number of cyclic esters (lactones) is 1. The first kappa shape index (κ1) is 9.30. The fraction of sp³-hybridized carbons (Fsp3) is 0.778. The molecular weight excluding hydrogens is 186 g/mol. The van der Waals surface area contributed by atoms with Gasteiger partial charge < -0.3 is 14.7 Å². The van der Waals surface area contributed by atoms with E-state index in [4.69, 9.17) is 9.84 Å². The molecule has 1 aliphatic heterocycles. The van der Waals surface area contributed by atoms with E-state index in [9.17, 15) is 9.59 Å². The van der Waals surface area contributed by atoms with E-state index in [2.05, 4.69) is 0 Å². The van der Waals surface area contributed by atoms with E-state index < -0.39 is 11.4 Å². The van der Waals surface area contributed by atoms with Gasteiger partial charge >= 0.3 is 12.1 Å². The third-order valence-electron chi connectivity index (χ3n) is 2.86. The molecule has 0 aromatic rings. The Kier molecular flexibility index (Phi) is 2.09. The van der Waals surface area contributed by atoms with Gasteiger partial charge in [-0.1, -0.05) is 0 Å². The fourth-order valence-corrected chi connectivity index (χ4v) is 1.70. The van der Waals surface area contributed by atoms with E-state index >= 15 is 0 Å². The van der Waals surface area contributed by atoms with Gasteiger partial charge in [0, 0.05) is 13.1 Å². The van der Waals surface area contributed by atoms with Gasteiger partial charge in [0.05, 0.1) is 12.0 Å². The summed E-state index contributed by atoms with van der Waals surface area (Å²) in [5, 5.41) is 8.94. The van der Waals surface area contributed by atoms with Crippen LogP contribution in [0, 0.1) is 5.41 Å². The summed E-state index contributed by atoms with van der Waals surface area (Å²) >= 11 is 0. The SMILES string of the molecule is O=C1OCCCN1CC1(C(=O)O)CC1. The molecule has 5 heteroatoms. The van der Waals surface area contributed by atoms with Gasteiger partial charge in [-0.2, -0.15) is 0 Å². The molecule has 5 nitrogen and oxygen atoms in total. The first-order chi connectivity index (χ1) is 6.64. The van der Waals surface area contributed by atoms with Crippen molar-refractivity contribution < 1.29 is 19.4 Å². The maximum atomic E-state index is 11.2. The van der Waals surface area contributed by atoms with Crippen LogP contribution in [0.5, 0.6) is 0 Å². The van der Waals surface area contributed by atoms with E-state index in [1.807, 2.05) is 0 Å². The molecule has 0 radical (unpaired) electrons. The number of hydrogen-bond acceptors (Lipinski definition) is 3. The van der Waals surface area contributed by atoms with E-state index in [1.165, 1.54) is 4.90 Å². The van der Waals surface area contributed by atoms with Crippen molar-refractivity contribution >= 4 is 12.1 Å². The fourth-order valence-electron chi connectivity index (χ4n) is 1.70. The quantitative estimate of drug-likeness (QED) is 0.726. The topological polar surface area (TPSA) is 66.8 Å². The predicted molar refractivity (Wildman–Crippen MR) is 46.8 cm³/mol. The molecule has 1 N–H and O–H groups in total. The first-order valence-corrected chi connectivity index (χ1v) is 4.79. The van der Waals surface area contributed by atoms with Crippen LogP contribution in [0.4, 0.5) is 4.79 Å². The van der Waals surface area contributed by atoms with Crippen LogP contribution < -0.4 is 0 Å². The molecule has 0 bridgehead atoms. The Morgan fingerprint density at radius 2 is 2.29 bits per heavy atom. The summed E-state index contributed by atoms with van der Waals surface area (Å²) in [4.78, 5) is 23.6.